The van der Waals surface area contributed by atoms with E-state index in [0.717, 1.165) is 12.4 Å². The third-order valence-corrected chi connectivity index (χ3v) is 3.27. The second-order valence-corrected chi connectivity index (χ2v) is 4.74. The zero-order valence-corrected chi connectivity index (χ0v) is 10.2. The maximum absolute atomic E-state index is 5.59. The van der Waals surface area contributed by atoms with E-state index in [0.29, 0.717) is 11.2 Å². The number of anilines is 3. The highest BCUT2D eigenvalue weighted by atomic mass is 15.3. The van der Waals surface area contributed by atoms with Gasteiger partial charge in [0.25, 0.3) is 0 Å². The minimum Gasteiger partial charge on any atom is -0.369 e. The Morgan fingerprint density at radius 3 is 2.65 bits per heavy atom. The molecule has 2 rings (SSSR count). The Morgan fingerprint density at radius 2 is 2.06 bits per heavy atom. The molecule has 17 heavy (non-hydrogen) atoms. The molecule has 0 aliphatic heterocycles. The van der Waals surface area contributed by atoms with Crippen LogP contribution in [-0.2, 0) is 0 Å². The Hall–Kier alpha value is -1.56. The molecule has 1 aromatic rings. The average molecular weight is 236 g/mol. The van der Waals surface area contributed by atoms with Crippen molar-refractivity contribution in [3.63, 3.8) is 0 Å². The Balaban J connectivity index is 1.97. The lowest BCUT2D eigenvalue weighted by atomic mass is 10.0. The summed E-state index contributed by atoms with van der Waals surface area (Å²) in [5.74, 6) is 6.79. The molecule has 1 aliphatic carbocycles. The number of nitrogen functional groups attached to an aromatic ring is 2. The number of nitrogens with one attached hydrogen (secondary N) is 2. The summed E-state index contributed by atoms with van der Waals surface area (Å²) in [6, 6.07) is 1.76. The van der Waals surface area contributed by atoms with Gasteiger partial charge in [0.1, 0.15) is 11.6 Å². The monoisotopic (exact) mass is 236 g/mol. The second-order valence-electron chi connectivity index (χ2n) is 4.74. The van der Waals surface area contributed by atoms with Gasteiger partial charge in [0.2, 0.25) is 5.95 Å². The predicted octanol–water partition coefficient (Wildman–Crippen LogP) is 1.34. The second kappa shape index (κ2) is 4.75. The smallest absolute Gasteiger partial charge is 0.223 e. The summed E-state index contributed by atoms with van der Waals surface area (Å²) < 4.78 is 0. The van der Waals surface area contributed by atoms with Gasteiger partial charge in [0.05, 0.1) is 0 Å². The first kappa shape index (κ1) is 11.9. The van der Waals surface area contributed by atoms with Gasteiger partial charge in [-0.3, -0.25) is 0 Å². The highest BCUT2D eigenvalue weighted by Gasteiger charge is 2.41. The van der Waals surface area contributed by atoms with Crippen LogP contribution in [0.15, 0.2) is 6.07 Å². The van der Waals surface area contributed by atoms with Gasteiger partial charge in [0, 0.05) is 12.6 Å². The number of nitrogens with two attached hydrogens (primary N) is 2. The van der Waals surface area contributed by atoms with Crippen LogP contribution in [0.4, 0.5) is 17.6 Å². The topological polar surface area (TPSA) is 102 Å². The van der Waals surface area contributed by atoms with E-state index in [9.17, 15) is 0 Å². The summed E-state index contributed by atoms with van der Waals surface area (Å²) in [7, 11) is 0. The molecule has 0 unspecified atom stereocenters. The molecule has 0 aromatic carbocycles. The van der Waals surface area contributed by atoms with Crippen molar-refractivity contribution in [2.24, 2.45) is 11.3 Å². The normalized spacial score (nSPS) is 16.6. The molecular formula is C11H20N6. The summed E-state index contributed by atoms with van der Waals surface area (Å²) in [6.45, 7) is 3.17. The van der Waals surface area contributed by atoms with Crippen LogP contribution in [0.3, 0.4) is 0 Å². The molecule has 94 valence electrons. The van der Waals surface area contributed by atoms with Gasteiger partial charge in [-0.2, -0.15) is 9.97 Å². The van der Waals surface area contributed by atoms with Crippen LogP contribution in [0.25, 0.3) is 0 Å². The number of aromatic nitrogens is 2. The Labute approximate surface area is 101 Å². The zero-order chi connectivity index (χ0) is 12.3. The van der Waals surface area contributed by atoms with Crippen molar-refractivity contribution >= 4 is 17.6 Å². The molecule has 6 nitrogen and oxygen atoms in total. The zero-order valence-electron chi connectivity index (χ0n) is 10.2. The molecule has 1 fully saturated rings. The lowest BCUT2D eigenvalue weighted by molar-refractivity contribution is 0.485. The van der Waals surface area contributed by atoms with Crippen molar-refractivity contribution < 1.29 is 0 Å². The first-order chi connectivity index (χ1) is 8.17. The van der Waals surface area contributed by atoms with Crippen LogP contribution < -0.4 is 22.3 Å². The van der Waals surface area contributed by atoms with E-state index in [1.165, 1.54) is 25.7 Å². The van der Waals surface area contributed by atoms with Crippen LogP contribution in [-0.4, -0.2) is 16.5 Å². The lowest BCUT2D eigenvalue weighted by Gasteiger charge is -2.15. The Morgan fingerprint density at radius 1 is 1.35 bits per heavy atom. The molecule has 0 radical (unpaired) electrons. The minimum absolute atomic E-state index is 0.225. The fraction of sp³-hybridized carbons (Fsp3) is 0.636. The Kier molecular flexibility index (Phi) is 3.33. The summed E-state index contributed by atoms with van der Waals surface area (Å²) in [5, 5.41) is 3.32. The summed E-state index contributed by atoms with van der Waals surface area (Å²) in [4.78, 5) is 8.07. The lowest BCUT2D eigenvalue weighted by Crippen LogP contribution is -2.17. The van der Waals surface area contributed by atoms with Crippen LogP contribution >= 0.6 is 0 Å². The number of hydrazine groups is 1. The van der Waals surface area contributed by atoms with Crippen LogP contribution in [0, 0.1) is 5.41 Å². The van der Waals surface area contributed by atoms with E-state index in [1.807, 2.05) is 0 Å². The highest BCUT2D eigenvalue weighted by molar-refractivity contribution is 5.50. The van der Waals surface area contributed by atoms with Gasteiger partial charge >= 0.3 is 0 Å². The van der Waals surface area contributed by atoms with E-state index in [2.05, 4.69) is 27.6 Å². The summed E-state index contributed by atoms with van der Waals surface area (Å²) in [6.07, 6.45) is 5.10. The molecule has 6 N–H and O–H groups in total. The van der Waals surface area contributed by atoms with E-state index in [4.69, 9.17) is 11.6 Å². The van der Waals surface area contributed by atoms with Crippen LogP contribution in [0.2, 0.25) is 0 Å². The molecule has 6 heteroatoms. The molecule has 1 saturated carbocycles. The fourth-order valence-electron chi connectivity index (χ4n) is 2.13. The van der Waals surface area contributed by atoms with Gasteiger partial charge in [-0.1, -0.05) is 13.3 Å². The minimum atomic E-state index is 0.225. The van der Waals surface area contributed by atoms with Gasteiger partial charge < -0.3 is 16.5 Å². The first-order valence-electron chi connectivity index (χ1n) is 6.02. The number of nitrogens with zero attached hydrogens (tertiary/aromatic N) is 2. The molecule has 0 saturated heterocycles. The van der Waals surface area contributed by atoms with Gasteiger partial charge in [-0.05, 0) is 24.7 Å². The predicted molar refractivity (Wildman–Crippen MR) is 69.3 cm³/mol. The molecule has 1 heterocycles. The number of hydrogen-bond donors (Lipinski definition) is 4. The van der Waals surface area contributed by atoms with Crippen LogP contribution in [0.1, 0.15) is 32.6 Å². The Bertz CT molecular complexity index is 388. The van der Waals surface area contributed by atoms with Gasteiger partial charge in [-0.25, -0.2) is 5.84 Å². The van der Waals surface area contributed by atoms with Crippen molar-refractivity contribution in [3.05, 3.63) is 6.07 Å². The van der Waals surface area contributed by atoms with Crippen molar-refractivity contribution in [2.75, 3.05) is 23.0 Å². The quantitative estimate of drug-likeness (QED) is 0.439. The maximum Gasteiger partial charge on any atom is 0.223 e. The van der Waals surface area contributed by atoms with E-state index >= 15 is 0 Å². The highest BCUT2D eigenvalue weighted by Crippen LogP contribution is 2.49. The molecular weight excluding hydrogens is 216 g/mol. The standard InChI is InChI=1S/C11H20N6/c1-2-3-11(4-5-11)7-14-8-6-9(17-13)16-10(12)15-8/h6H,2-5,7,13H2,1H3,(H4,12,14,15,16,17). The maximum atomic E-state index is 5.59. The summed E-state index contributed by atoms with van der Waals surface area (Å²) in [5.41, 5.74) is 8.54. The van der Waals surface area contributed by atoms with Crippen molar-refractivity contribution in [1.29, 1.82) is 0 Å². The van der Waals surface area contributed by atoms with E-state index in [1.54, 1.807) is 6.07 Å². The third-order valence-electron chi connectivity index (χ3n) is 3.27. The number of hydrogen-bond acceptors (Lipinski definition) is 6. The van der Waals surface area contributed by atoms with Crippen molar-refractivity contribution in [3.8, 4) is 0 Å². The molecule has 0 amide bonds. The summed E-state index contributed by atoms with van der Waals surface area (Å²) >= 11 is 0. The van der Waals surface area contributed by atoms with Crippen molar-refractivity contribution in [1.82, 2.24) is 9.97 Å². The molecule has 0 spiro atoms. The SMILES string of the molecule is CCCC1(CNc2cc(NN)nc(N)n2)CC1. The first-order valence-corrected chi connectivity index (χ1v) is 6.02. The fourth-order valence-corrected chi connectivity index (χ4v) is 2.13. The number of rotatable bonds is 6. The molecule has 1 aromatic heterocycles. The van der Waals surface area contributed by atoms with Gasteiger partial charge in [0.15, 0.2) is 0 Å². The van der Waals surface area contributed by atoms with E-state index < -0.39 is 0 Å². The van der Waals surface area contributed by atoms with Crippen LogP contribution in [0.5, 0.6) is 0 Å². The van der Waals surface area contributed by atoms with Crippen molar-refractivity contribution in [2.45, 2.75) is 32.6 Å². The average Bonchev–Trinajstić information content (AvgIpc) is 3.07. The molecule has 1 aliphatic rings. The molecule has 0 bridgehead atoms. The third kappa shape index (κ3) is 2.97. The van der Waals surface area contributed by atoms with E-state index in [-0.39, 0.29) is 5.95 Å². The largest absolute Gasteiger partial charge is 0.369 e. The van der Waals surface area contributed by atoms with Gasteiger partial charge in [-0.15, -0.1) is 0 Å². The molecule has 0 atom stereocenters.